The van der Waals surface area contributed by atoms with Crippen LogP contribution in [0.4, 0.5) is 4.79 Å². The van der Waals surface area contributed by atoms with Gasteiger partial charge in [0.2, 0.25) is 0 Å². The van der Waals surface area contributed by atoms with Gasteiger partial charge in [-0.3, -0.25) is 0 Å². The van der Waals surface area contributed by atoms with Crippen LogP contribution in [0.3, 0.4) is 0 Å². The topological polar surface area (TPSA) is 78.9 Å². The Balaban J connectivity index is 1.91. The van der Waals surface area contributed by atoms with Gasteiger partial charge in [-0.2, -0.15) is 0 Å². The molecule has 0 aromatic carbocycles. The van der Waals surface area contributed by atoms with Crippen LogP contribution >= 0.6 is 0 Å². The highest BCUT2D eigenvalue weighted by molar-refractivity contribution is 5.83. The Bertz CT molecular complexity index is 379. The van der Waals surface area contributed by atoms with Crippen molar-refractivity contribution < 1.29 is 19.4 Å². The summed E-state index contributed by atoms with van der Waals surface area (Å²) in [5.41, 5.74) is 0.161. The number of urea groups is 1. The third-order valence-corrected chi connectivity index (χ3v) is 4.62. The van der Waals surface area contributed by atoms with Crippen LogP contribution < -0.4 is 5.32 Å². The number of nitrogens with one attached hydrogen (secondary N) is 1. The molecule has 1 heterocycles. The normalized spacial score (nSPS) is 28.6. The molecule has 1 aliphatic carbocycles. The standard InChI is InChI=1S/C14H24N2O4/c1-14(5-3-4-6-14)9-15-13(19)16-8-10(20-2)7-11(16)12(17)18/h10-11H,3-9H2,1-2H3,(H,15,19)(H,17,18). The van der Waals surface area contributed by atoms with E-state index in [1.54, 1.807) is 7.11 Å². The SMILES string of the molecule is COC1CC(C(=O)O)N(C(=O)NCC2(C)CCCC2)C1. The molecule has 0 spiro atoms. The number of nitrogens with zero attached hydrogens (tertiary/aromatic N) is 1. The molecule has 0 aromatic heterocycles. The van der Waals surface area contributed by atoms with Crippen molar-refractivity contribution >= 4 is 12.0 Å². The number of carboxylic acid groups (broad SMARTS) is 1. The van der Waals surface area contributed by atoms with Crippen LogP contribution in [0.2, 0.25) is 0 Å². The van der Waals surface area contributed by atoms with Crippen LogP contribution in [-0.2, 0) is 9.53 Å². The lowest BCUT2D eigenvalue weighted by molar-refractivity contribution is -0.141. The first-order chi connectivity index (χ1) is 9.45. The average molecular weight is 284 g/mol. The first-order valence-electron chi connectivity index (χ1n) is 7.25. The smallest absolute Gasteiger partial charge is 0.326 e. The maximum absolute atomic E-state index is 12.2. The summed E-state index contributed by atoms with van der Waals surface area (Å²) in [7, 11) is 1.55. The number of carbonyl (C=O) groups excluding carboxylic acids is 1. The number of methoxy groups -OCH3 is 1. The van der Waals surface area contributed by atoms with E-state index in [1.807, 2.05) is 0 Å². The zero-order chi connectivity index (χ0) is 14.8. The van der Waals surface area contributed by atoms with Gasteiger partial charge in [-0.05, 0) is 18.3 Å². The largest absolute Gasteiger partial charge is 0.480 e. The Hall–Kier alpha value is -1.30. The molecule has 114 valence electrons. The minimum absolute atomic E-state index is 0.161. The van der Waals surface area contributed by atoms with E-state index >= 15 is 0 Å². The first-order valence-corrected chi connectivity index (χ1v) is 7.25. The summed E-state index contributed by atoms with van der Waals surface area (Å²) in [4.78, 5) is 24.8. The minimum atomic E-state index is -0.966. The molecule has 6 heteroatoms. The minimum Gasteiger partial charge on any atom is -0.480 e. The van der Waals surface area contributed by atoms with E-state index in [9.17, 15) is 14.7 Å². The molecule has 0 aromatic rings. The van der Waals surface area contributed by atoms with Gasteiger partial charge in [0.15, 0.2) is 0 Å². The highest BCUT2D eigenvalue weighted by atomic mass is 16.5. The van der Waals surface area contributed by atoms with Crippen molar-refractivity contribution in [2.24, 2.45) is 5.41 Å². The van der Waals surface area contributed by atoms with Gasteiger partial charge >= 0.3 is 12.0 Å². The van der Waals surface area contributed by atoms with Gasteiger partial charge in [0, 0.05) is 26.6 Å². The molecule has 2 aliphatic rings. The molecule has 2 amide bonds. The van der Waals surface area contributed by atoms with Crippen molar-refractivity contribution in [1.82, 2.24) is 10.2 Å². The van der Waals surface area contributed by atoms with Crippen molar-refractivity contribution in [2.75, 3.05) is 20.2 Å². The van der Waals surface area contributed by atoms with Gasteiger partial charge < -0.3 is 20.1 Å². The van der Waals surface area contributed by atoms with E-state index in [2.05, 4.69) is 12.2 Å². The van der Waals surface area contributed by atoms with Crippen LogP contribution in [0.25, 0.3) is 0 Å². The highest BCUT2D eigenvalue weighted by Gasteiger charge is 2.40. The predicted octanol–water partition coefficient (Wildman–Crippen LogP) is 1.45. The molecule has 0 bridgehead atoms. The number of amides is 2. The second-order valence-corrected chi connectivity index (χ2v) is 6.28. The fourth-order valence-electron chi connectivity index (χ4n) is 3.22. The maximum atomic E-state index is 12.2. The van der Waals surface area contributed by atoms with E-state index in [0.29, 0.717) is 19.5 Å². The molecule has 0 radical (unpaired) electrons. The van der Waals surface area contributed by atoms with Gasteiger partial charge in [-0.25, -0.2) is 9.59 Å². The van der Waals surface area contributed by atoms with Crippen molar-refractivity contribution in [3.8, 4) is 0 Å². The molecule has 2 fully saturated rings. The lowest BCUT2D eigenvalue weighted by Gasteiger charge is -2.27. The van der Waals surface area contributed by atoms with Crippen LogP contribution in [0.5, 0.6) is 0 Å². The molecule has 2 N–H and O–H groups in total. The Morgan fingerprint density at radius 3 is 2.60 bits per heavy atom. The quantitative estimate of drug-likeness (QED) is 0.819. The third kappa shape index (κ3) is 3.23. The number of hydrogen-bond donors (Lipinski definition) is 2. The van der Waals surface area contributed by atoms with E-state index in [0.717, 1.165) is 12.8 Å². The average Bonchev–Trinajstić information content (AvgIpc) is 3.02. The Morgan fingerprint density at radius 1 is 1.40 bits per heavy atom. The van der Waals surface area contributed by atoms with Crippen LogP contribution in [-0.4, -0.2) is 54.4 Å². The van der Waals surface area contributed by atoms with Gasteiger partial charge in [0.05, 0.1) is 6.10 Å². The predicted molar refractivity (Wildman–Crippen MR) is 73.5 cm³/mol. The van der Waals surface area contributed by atoms with Crippen molar-refractivity contribution in [1.29, 1.82) is 0 Å². The van der Waals surface area contributed by atoms with Crippen LogP contribution in [0.15, 0.2) is 0 Å². The second kappa shape index (κ2) is 5.99. The Kier molecular flexibility index (Phi) is 4.52. The van der Waals surface area contributed by atoms with Crippen LogP contribution in [0, 0.1) is 5.41 Å². The number of carboxylic acids is 1. The van der Waals surface area contributed by atoms with Gasteiger partial charge in [0.1, 0.15) is 6.04 Å². The zero-order valence-electron chi connectivity index (χ0n) is 12.2. The molecular formula is C14H24N2O4. The zero-order valence-corrected chi connectivity index (χ0v) is 12.2. The molecule has 1 aliphatic heterocycles. The summed E-state index contributed by atoms with van der Waals surface area (Å²) in [6, 6.07) is -1.07. The summed E-state index contributed by atoms with van der Waals surface area (Å²) in [6.45, 7) is 3.14. The number of ether oxygens (including phenoxy) is 1. The monoisotopic (exact) mass is 284 g/mol. The number of aliphatic carboxylic acids is 1. The van der Waals surface area contributed by atoms with Gasteiger partial charge in [-0.15, -0.1) is 0 Å². The molecule has 6 nitrogen and oxygen atoms in total. The van der Waals surface area contributed by atoms with E-state index < -0.39 is 12.0 Å². The highest BCUT2D eigenvalue weighted by Crippen LogP contribution is 2.36. The summed E-state index contributed by atoms with van der Waals surface area (Å²) in [6.07, 6.45) is 4.83. The van der Waals surface area contributed by atoms with E-state index in [1.165, 1.54) is 17.7 Å². The molecule has 2 atom stereocenters. The van der Waals surface area contributed by atoms with Crippen molar-refractivity contribution in [3.05, 3.63) is 0 Å². The third-order valence-electron chi connectivity index (χ3n) is 4.62. The molecule has 2 unspecified atom stereocenters. The number of carbonyl (C=O) groups is 2. The lowest BCUT2D eigenvalue weighted by Crippen LogP contribution is -2.48. The number of hydrogen-bond acceptors (Lipinski definition) is 3. The van der Waals surface area contributed by atoms with Gasteiger partial charge in [0.25, 0.3) is 0 Å². The summed E-state index contributed by atoms with van der Waals surface area (Å²) in [5.74, 6) is -0.966. The second-order valence-electron chi connectivity index (χ2n) is 6.28. The lowest BCUT2D eigenvalue weighted by atomic mass is 9.89. The van der Waals surface area contributed by atoms with E-state index in [4.69, 9.17) is 4.74 Å². The summed E-state index contributed by atoms with van der Waals surface area (Å²) in [5, 5.41) is 12.1. The van der Waals surface area contributed by atoms with E-state index in [-0.39, 0.29) is 17.6 Å². The van der Waals surface area contributed by atoms with Crippen molar-refractivity contribution in [3.63, 3.8) is 0 Å². The molecule has 2 rings (SSSR count). The fourth-order valence-corrected chi connectivity index (χ4v) is 3.22. The molecule has 1 saturated heterocycles. The summed E-state index contributed by atoms with van der Waals surface area (Å²) >= 11 is 0. The summed E-state index contributed by atoms with van der Waals surface area (Å²) < 4.78 is 5.18. The fraction of sp³-hybridized carbons (Fsp3) is 0.857. The van der Waals surface area contributed by atoms with Crippen LogP contribution in [0.1, 0.15) is 39.0 Å². The Morgan fingerprint density at radius 2 is 2.05 bits per heavy atom. The molecule has 20 heavy (non-hydrogen) atoms. The Labute approximate surface area is 119 Å². The van der Waals surface area contributed by atoms with Gasteiger partial charge in [-0.1, -0.05) is 19.8 Å². The molecule has 1 saturated carbocycles. The number of rotatable bonds is 4. The van der Waals surface area contributed by atoms with Crippen molar-refractivity contribution in [2.45, 2.75) is 51.2 Å². The first kappa shape index (κ1) is 15.1. The number of likely N-dealkylation sites (tertiary alicyclic amines) is 1. The molecular weight excluding hydrogens is 260 g/mol. The maximum Gasteiger partial charge on any atom is 0.326 e.